The highest BCUT2D eigenvalue weighted by Crippen LogP contribution is 2.34. The largest absolute Gasteiger partial charge is 0.362 e. The molecule has 0 radical (unpaired) electrons. The molecule has 7 heteroatoms. The van der Waals surface area contributed by atoms with E-state index in [1.165, 1.54) is 6.33 Å². The summed E-state index contributed by atoms with van der Waals surface area (Å²) in [6.45, 7) is 7.62. The van der Waals surface area contributed by atoms with Crippen molar-refractivity contribution in [3.05, 3.63) is 16.4 Å². The van der Waals surface area contributed by atoms with Crippen LogP contribution in [-0.2, 0) is 0 Å². The number of aromatic nitrogens is 2. The van der Waals surface area contributed by atoms with Gasteiger partial charge in [-0.15, -0.1) is 0 Å². The Labute approximate surface area is 118 Å². The zero-order valence-electron chi connectivity index (χ0n) is 12.2. The Morgan fingerprint density at radius 1 is 1.50 bits per heavy atom. The van der Waals surface area contributed by atoms with Crippen LogP contribution in [0, 0.1) is 16.0 Å². The second-order valence-corrected chi connectivity index (χ2v) is 5.64. The molecule has 0 aliphatic carbocycles. The van der Waals surface area contributed by atoms with Crippen LogP contribution < -0.4 is 10.2 Å². The lowest BCUT2D eigenvalue weighted by atomic mass is 10.0. The van der Waals surface area contributed by atoms with Crippen molar-refractivity contribution < 1.29 is 4.92 Å². The Balaban J connectivity index is 2.38. The van der Waals surface area contributed by atoms with Gasteiger partial charge in [-0.1, -0.05) is 6.92 Å². The number of hydrogen-bond acceptors (Lipinski definition) is 6. The molecule has 0 bridgehead atoms. The van der Waals surface area contributed by atoms with E-state index in [4.69, 9.17) is 0 Å². The first-order chi connectivity index (χ1) is 9.49. The molecule has 20 heavy (non-hydrogen) atoms. The maximum absolute atomic E-state index is 11.4. The monoisotopic (exact) mass is 279 g/mol. The maximum atomic E-state index is 11.4. The lowest BCUT2D eigenvalue weighted by molar-refractivity contribution is -0.383. The number of anilines is 2. The zero-order valence-corrected chi connectivity index (χ0v) is 12.2. The highest BCUT2D eigenvalue weighted by molar-refractivity contribution is 5.70. The topological polar surface area (TPSA) is 84.2 Å². The summed E-state index contributed by atoms with van der Waals surface area (Å²) in [5, 5.41) is 14.4. The molecule has 1 fully saturated rings. The molecule has 2 rings (SSSR count). The fourth-order valence-electron chi connectivity index (χ4n) is 2.53. The Morgan fingerprint density at radius 2 is 2.25 bits per heavy atom. The Bertz CT molecular complexity index is 492. The second kappa shape index (κ2) is 6.02. The van der Waals surface area contributed by atoms with E-state index in [2.05, 4.69) is 22.2 Å². The van der Waals surface area contributed by atoms with E-state index in [0.717, 1.165) is 25.9 Å². The van der Waals surface area contributed by atoms with Gasteiger partial charge in [-0.25, -0.2) is 9.97 Å². The molecule has 1 aliphatic heterocycles. The van der Waals surface area contributed by atoms with Gasteiger partial charge in [0.05, 0.1) is 4.92 Å². The van der Waals surface area contributed by atoms with Crippen molar-refractivity contribution in [3.8, 4) is 0 Å². The van der Waals surface area contributed by atoms with Crippen molar-refractivity contribution in [2.24, 2.45) is 5.92 Å². The van der Waals surface area contributed by atoms with Crippen LogP contribution in [0.3, 0.4) is 0 Å². The van der Waals surface area contributed by atoms with E-state index < -0.39 is 0 Å². The third-order valence-electron chi connectivity index (χ3n) is 3.37. The number of nitrogens with one attached hydrogen (secondary N) is 1. The Hall–Kier alpha value is -1.92. The first-order valence-electron chi connectivity index (χ1n) is 7.00. The van der Waals surface area contributed by atoms with E-state index in [-0.39, 0.29) is 16.7 Å². The van der Waals surface area contributed by atoms with Gasteiger partial charge >= 0.3 is 5.69 Å². The standard InChI is InChI=1S/C13H21N5O2/c1-9(2)16-12-11(18(19)20)13(15-8-14-12)17-6-4-5-10(3)7-17/h8-10H,4-7H2,1-3H3,(H,14,15,16). The van der Waals surface area contributed by atoms with Crippen LogP contribution in [0.25, 0.3) is 0 Å². The van der Waals surface area contributed by atoms with Crippen molar-refractivity contribution in [3.63, 3.8) is 0 Å². The first kappa shape index (κ1) is 14.5. The predicted molar refractivity (Wildman–Crippen MR) is 78.1 cm³/mol. The smallest absolute Gasteiger partial charge is 0.353 e. The number of nitro groups is 1. The van der Waals surface area contributed by atoms with Crippen LogP contribution in [0.4, 0.5) is 17.3 Å². The molecule has 110 valence electrons. The molecule has 0 spiro atoms. The summed E-state index contributed by atoms with van der Waals surface area (Å²) in [7, 11) is 0. The molecule has 0 aromatic carbocycles. The van der Waals surface area contributed by atoms with Gasteiger partial charge in [0.1, 0.15) is 6.33 Å². The Kier molecular flexibility index (Phi) is 4.36. The lowest BCUT2D eigenvalue weighted by Gasteiger charge is -2.31. The molecule has 1 atom stereocenters. The highest BCUT2D eigenvalue weighted by Gasteiger charge is 2.29. The van der Waals surface area contributed by atoms with Gasteiger partial charge < -0.3 is 10.2 Å². The predicted octanol–water partition coefficient (Wildman–Crippen LogP) is 2.44. The average molecular weight is 279 g/mol. The van der Waals surface area contributed by atoms with Crippen molar-refractivity contribution in [1.82, 2.24) is 9.97 Å². The quantitative estimate of drug-likeness (QED) is 0.673. The number of piperidine rings is 1. The van der Waals surface area contributed by atoms with Gasteiger partial charge in [0.25, 0.3) is 0 Å². The van der Waals surface area contributed by atoms with Crippen molar-refractivity contribution in [2.45, 2.75) is 39.7 Å². The van der Waals surface area contributed by atoms with Crippen molar-refractivity contribution in [2.75, 3.05) is 23.3 Å². The molecular formula is C13H21N5O2. The maximum Gasteiger partial charge on any atom is 0.353 e. The number of nitrogens with zero attached hydrogens (tertiary/aromatic N) is 4. The minimum Gasteiger partial charge on any atom is -0.362 e. The van der Waals surface area contributed by atoms with Crippen molar-refractivity contribution >= 4 is 17.3 Å². The van der Waals surface area contributed by atoms with Gasteiger partial charge in [-0.2, -0.15) is 0 Å². The third-order valence-corrected chi connectivity index (χ3v) is 3.37. The fraction of sp³-hybridized carbons (Fsp3) is 0.692. The Morgan fingerprint density at radius 3 is 2.85 bits per heavy atom. The van der Waals surface area contributed by atoms with Crippen LogP contribution in [0.5, 0.6) is 0 Å². The third kappa shape index (κ3) is 3.15. The van der Waals surface area contributed by atoms with E-state index in [1.807, 2.05) is 18.7 Å². The summed E-state index contributed by atoms with van der Waals surface area (Å²) in [5.74, 6) is 1.26. The van der Waals surface area contributed by atoms with Gasteiger partial charge in [0.15, 0.2) is 0 Å². The van der Waals surface area contributed by atoms with Crippen LogP contribution in [0.1, 0.15) is 33.6 Å². The van der Waals surface area contributed by atoms with E-state index in [9.17, 15) is 10.1 Å². The van der Waals surface area contributed by atoms with Crippen LogP contribution >= 0.6 is 0 Å². The van der Waals surface area contributed by atoms with E-state index in [0.29, 0.717) is 17.6 Å². The summed E-state index contributed by atoms with van der Waals surface area (Å²) >= 11 is 0. The van der Waals surface area contributed by atoms with E-state index in [1.54, 1.807) is 0 Å². The van der Waals surface area contributed by atoms with Gasteiger partial charge in [0, 0.05) is 19.1 Å². The fourth-order valence-corrected chi connectivity index (χ4v) is 2.53. The summed E-state index contributed by atoms with van der Waals surface area (Å²) in [4.78, 5) is 21.2. The second-order valence-electron chi connectivity index (χ2n) is 5.64. The normalized spacial score (nSPS) is 19.2. The molecule has 1 N–H and O–H groups in total. The van der Waals surface area contributed by atoms with E-state index >= 15 is 0 Å². The SMILES string of the molecule is CC1CCCN(c2ncnc(NC(C)C)c2[N+](=O)[O-])C1. The minimum absolute atomic E-state index is 0.0182. The summed E-state index contributed by atoms with van der Waals surface area (Å²) in [5.41, 5.74) is -0.0182. The van der Waals surface area contributed by atoms with Crippen LogP contribution in [0.2, 0.25) is 0 Å². The number of hydrogen-bond donors (Lipinski definition) is 1. The first-order valence-corrected chi connectivity index (χ1v) is 7.00. The van der Waals surface area contributed by atoms with Crippen LogP contribution in [0.15, 0.2) is 6.33 Å². The molecule has 1 aromatic rings. The molecule has 0 amide bonds. The van der Waals surface area contributed by atoms with Crippen LogP contribution in [-0.4, -0.2) is 34.0 Å². The average Bonchev–Trinajstić information content (AvgIpc) is 2.37. The molecule has 1 aliphatic rings. The molecule has 1 aromatic heterocycles. The molecule has 0 saturated carbocycles. The van der Waals surface area contributed by atoms with Crippen molar-refractivity contribution in [1.29, 1.82) is 0 Å². The number of rotatable bonds is 4. The minimum atomic E-state index is -0.390. The lowest BCUT2D eigenvalue weighted by Crippen LogP contribution is -2.35. The van der Waals surface area contributed by atoms with Gasteiger partial charge in [-0.05, 0) is 32.6 Å². The molecule has 1 unspecified atom stereocenters. The summed E-state index contributed by atoms with van der Waals surface area (Å²) in [6, 6.07) is 0.0803. The molecule has 7 nitrogen and oxygen atoms in total. The van der Waals surface area contributed by atoms with Gasteiger partial charge in [0.2, 0.25) is 11.6 Å². The zero-order chi connectivity index (χ0) is 14.7. The summed E-state index contributed by atoms with van der Waals surface area (Å²) < 4.78 is 0. The highest BCUT2D eigenvalue weighted by atomic mass is 16.6. The molecule has 1 saturated heterocycles. The molecular weight excluding hydrogens is 258 g/mol. The molecule has 2 heterocycles. The van der Waals surface area contributed by atoms with Gasteiger partial charge in [-0.3, -0.25) is 10.1 Å². The summed E-state index contributed by atoms with van der Waals surface area (Å²) in [6.07, 6.45) is 3.59.